The summed E-state index contributed by atoms with van der Waals surface area (Å²) in [6.45, 7) is 4.72. The van der Waals surface area contributed by atoms with E-state index in [1.54, 1.807) is 35.0 Å². The molecule has 7 heteroatoms. The molecule has 2 amide bonds. The fourth-order valence-electron chi connectivity index (χ4n) is 2.83. The topological polar surface area (TPSA) is 76.0 Å². The Balaban J connectivity index is 1.69. The molecule has 148 valence electrons. The van der Waals surface area contributed by atoms with Crippen molar-refractivity contribution < 1.29 is 9.59 Å². The van der Waals surface area contributed by atoms with Crippen LogP contribution < -0.4 is 10.6 Å². The van der Waals surface area contributed by atoms with E-state index in [0.717, 1.165) is 43.5 Å². The number of nitrogens with zero attached hydrogens (tertiary/aromatic N) is 2. The quantitative estimate of drug-likeness (QED) is 0.652. The lowest BCUT2D eigenvalue weighted by molar-refractivity contribution is -0.111. The number of benzene rings is 1. The predicted molar refractivity (Wildman–Crippen MR) is 111 cm³/mol. The molecular formula is C21H25ClN4O2. The van der Waals surface area contributed by atoms with Crippen LogP contribution in [-0.2, 0) is 11.3 Å². The van der Waals surface area contributed by atoms with Gasteiger partial charge in [-0.25, -0.2) is 0 Å². The van der Waals surface area contributed by atoms with E-state index in [0.29, 0.717) is 16.4 Å². The first-order chi connectivity index (χ1) is 13.5. The standard InChI is InChI=1S/C21H25ClN4O2/c1-3-4-13-26-20(22)16(14(2)25-26)11-12-19(27)24-18-8-6-5-7-17(18)21(28)23-15-9-10-15/h5-8,11-12,15H,3-4,9-10,13H2,1-2H3,(H,23,28)(H,24,27)/b12-11+. The highest BCUT2D eigenvalue weighted by Crippen LogP contribution is 2.23. The number of anilines is 1. The molecule has 1 heterocycles. The lowest BCUT2D eigenvalue weighted by atomic mass is 10.1. The Labute approximate surface area is 170 Å². The van der Waals surface area contributed by atoms with Crippen molar-refractivity contribution >= 4 is 35.2 Å². The van der Waals surface area contributed by atoms with Crippen molar-refractivity contribution in [3.63, 3.8) is 0 Å². The minimum absolute atomic E-state index is 0.168. The monoisotopic (exact) mass is 400 g/mol. The molecule has 0 bridgehead atoms. The molecule has 0 radical (unpaired) electrons. The molecule has 0 atom stereocenters. The number of para-hydroxylation sites is 1. The molecule has 0 spiro atoms. The maximum absolute atomic E-state index is 12.4. The van der Waals surface area contributed by atoms with Gasteiger partial charge in [0.05, 0.1) is 16.9 Å². The molecule has 6 nitrogen and oxygen atoms in total. The molecule has 1 aliphatic rings. The van der Waals surface area contributed by atoms with Gasteiger partial charge in [-0.15, -0.1) is 0 Å². The molecule has 1 fully saturated rings. The molecule has 1 aliphatic carbocycles. The summed E-state index contributed by atoms with van der Waals surface area (Å²) >= 11 is 6.39. The van der Waals surface area contributed by atoms with Crippen molar-refractivity contribution in [2.24, 2.45) is 0 Å². The van der Waals surface area contributed by atoms with E-state index in [-0.39, 0.29) is 17.9 Å². The molecule has 2 N–H and O–H groups in total. The largest absolute Gasteiger partial charge is 0.349 e. The number of hydrogen-bond acceptors (Lipinski definition) is 3. The van der Waals surface area contributed by atoms with E-state index in [4.69, 9.17) is 11.6 Å². The molecule has 3 rings (SSSR count). The molecule has 1 saturated carbocycles. The van der Waals surface area contributed by atoms with Crippen LogP contribution in [0.25, 0.3) is 6.08 Å². The second-order valence-electron chi connectivity index (χ2n) is 6.98. The van der Waals surface area contributed by atoms with E-state index in [1.165, 1.54) is 6.08 Å². The maximum Gasteiger partial charge on any atom is 0.253 e. The number of amides is 2. The van der Waals surface area contributed by atoms with Crippen LogP contribution in [0.3, 0.4) is 0 Å². The van der Waals surface area contributed by atoms with Gasteiger partial charge in [0, 0.05) is 24.2 Å². The number of rotatable bonds is 8. The molecule has 0 saturated heterocycles. The van der Waals surface area contributed by atoms with Crippen LogP contribution in [-0.4, -0.2) is 27.6 Å². The van der Waals surface area contributed by atoms with Crippen molar-refractivity contribution in [3.05, 3.63) is 52.3 Å². The van der Waals surface area contributed by atoms with Crippen LogP contribution in [0.1, 0.15) is 54.2 Å². The van der Waals surface area contributed by atoms with Crippen LogP contribution in [0.5, 0.6) is 0 Å². The van der Waals surface area contributed by atoms with E-state index in [1.807, 2.05) is 6.92 Å². The minimum atomic E-state index is -0.330. The molecule has 1 aromatic carbocycles. The summed E-state index contributed by atoms with van der Waals surface area (Å²) < 4.78 is 1.76. The molecule has 0 aliphatic heterocycles. The van der Waals surface area contributed by atoms with Gasteiger partial charge in [0.2, 0.25) is 5.91 Å². The lowest BCUT2D eigenvalue weighted by Gasteiger charge is -2.09. The van der Waals surface area contributed by atoms with Gasteiger partial charge in [-0.3, -0.25) is 14.3 Å². The molecular weight excluding hydrogens is 376 g/mol. The Kier molecular flexibility index (Phi) is 6.52. The first kappa shape index (κ1) is 20.1. The third-order valence-corrected chi connectivity index (χ3v) is 4.98. The van der Waals surface area contributed by atoms with Gasteiger partial charge >= 0.3 is 0 Å². The zero-order chi connectivity index (χ0) is 20.1. The summed E-state index contributed by atoms with van der Waals surface area (Å²) in [5.74, 6) is -0.498. The first-order valence-electron chi connectivity index (χ1n) is 9.61. The van der Waals surface area contributed by atoms with Crippen molar-refractivity contribution in [1.82, 2.24) is 15.1 Å². The van der Waals surface area contributed by atoms with Crippen molar-refractivity contribution in [2.45, 2.75) is 52.1 Å². The summed E-state index contributed by atoms with van der Waals surface area (Å²) in [7, 11) is 0. The zero-order valence-corrected chi connectivity index (χ0v) is 16.9. The summed E-state index contributed by atoms with van der Waals surface area (Å²) in [5, 5.41) is 10.7. The van der Waals surface area contributed by atoms with Gasteiger partial charge in [0.1, 0.15) is 5.15 Å². The number of carbonyl (C=O) groups is 2. The highest BCUT2D eigenvalue weighted by molar-refractivity contribution is 6.31. The second-order valence-corrected chi connectivity index (χ2v) is 7.34. The average molecular weight is 401 g/mol. The van der Waals surface area contributed by atoms with Gasteiger partial charge < -0.3 is 10.6 Å². The minimum Gasteiger partial charge on any atom is -0.349 e. The molecule has 28 heavy (non-hydrogen) atoms. The fourth-order valence-corrected chi connectivity index (χ4v) is 3.15. The Morgan fingerprint density at radius 2 is 2.07 bits per heavy atom. The van der Waals surface area contributed by atoms with Gasteiger partial charge in [-0.1, -0.05) is 37.1 Å². The summed E-state index contributed by atoms with van der Waals surface area (Å²) in [6, 6.07) is 7.24. The highest BCUT2D eigenvalue weighted by Gasteiger charge is 2.24. The zero-order valence-electron chi connectivity index (χ0n) is 16.2. The lowest BCUT2D eigenvalue weighted by Crippen LogP contribution is -2.26. The number of aromatic nitrogens is 2. The third-order valence-electron chi connectivity index (χ3n) is 4.58. The van der Waals surface area contributed by atoms with Crippen molar-refractivity contribution in [1.29, 1.82) is 0 Å². The summed E-state index contributed by atoms with van der Waals surface area (Å²) in [5.41, 5.74) is 2.44. The number of nitrogens with one attached hydrogen (secondary N) is 2. The number of unbranched alkanes of at least 4 members (excludes halogenated alkanes) is 1. The van der Waals surface area contributed by atoms with Crippen LogP contribution in [0, 0.1) is 6.92 Å². The average Bonchev–Trinajstić information content (AvgIpc) is 3.44. The normalized spacial score (nSPS) is 13.7. The number of aryl methyl sites for hydroxylation is 2. The van der Waals surface area contributed by atoms with Gasteiger partial charge in [-0.05, 0) is 44.4 Å². The van der Waals surface area contributed by atoms with Crippen LogP contribution >= 0.6 is 11.6 Å². The van der Waals surface area contributed by atoms with Crippen LogP contribution in [0.2, 0.25) is 5.15 Å². The number of hydrogen-bond donors (Lipinski definition) is 2. The molecule has 1 aromatic heterocycles. The molecule has 0 unspecified atom stereocenters. The maximum atomic E-state index is 12.4. The molecule has 2 aromatic rings. The summed E-state index contributed by atoms with van der Waals surface area (Å²) in [4.78, 5) is 24.7. The van der Waals surface area contributed by atoms with Gasteiger partial charge in [-0.2, -0.15) is 5.10 Å². The predicted octanol–water partition coefficient (Wildman–Crippen LogP) is 4.19. The van der Waals surface area contributed by atoms with E-state index >= 15 is 0 Å². The Morgan fingerprint density at radius 1 is 1.32 bits per heavy atom. The van der Waals surface area contributed by atoms with Crippen LogP contribution in [0.4, 0.5) is 5.69 Å². The number of halogens is 1. The Bertz CT molecular complexity index is 900. The van der Waals surface area contributed by atoms with Crippen molar-refractivity contribution in [3.8, 4) is 0 Å². The second kappa shape index (κ2) is 9.06. The Morgan fingerprint density at radius 3 is 2.79 bits per heavy atom. The fraction of sp³-hybridized carbons (Fsp3) is 0.381. The Hall–Kier alpha value is -2.60. The van der Waals surface area contributed by atoms with E-state index in [2.05, 4.69) is 22.7 Å². The van der Waals surface area contributed by atoms with E-state index < -0.39 is 0 Å². The summed E-state index contributed by atoms with van der Waals surface area (Å²) in [6.07, 6.45) is 7.13. The van der Waals surface area contributed by atoms with Crippen LogP contribution in [0.15, 0.2) is 30.3 Å². The van der Waals surface area contributed by atoms with Gasteiger partial charge in [0.15, 0.2) is 0 Å². The third kappa shape index (κ3) is 5.01. The van der Waals surface area contributed by atoms with Gasteiger partial charge in [0.25, 0.3) is 5.91 Å². The number of carbonyl (C=O) groups excluding carboxylic acids is 2. The smallest absolute Gasteiger partial charge is 0.253 e. The highest BCUT2D eigenvalue weighted by atomic mass is 35.5. The van der Waals surface area contributed by atoms with E-state index in [9.17, 15) is 9.59 Å². The SMILES string of the molecule is CCCCn1nc(C)c(/C=C/C(=O)Nc2ccccc2C(=O)NC2CC2)c1Cl. The first-order valence-corrected chi connectivity index (χ1v) is 9.99. The van der Waals surface area contributed by atoms with Crippen molar-refractivity contribution in [2.75, 3.05) is 5.32 Å².